The Morgan fingerprint density at radius 2 is 2.12 bits per heavy atom. The van der Waals surface area contributed by atoms with Crippen LogP contribution in [0.4, 0.5) is 0 Å². The molecule has 2 heterocycles. The van der Waals surface area contributed by atoms with E-state index in [-0.39, 0.29) is 35.3 Å². The van der Waals surface area contributed by atoms with E-state index in [1.54, 1.807) is 12.4 Å². The standard InChI is InChI=1S/C5H4N2O3.C3H4N2.Na/c8-4(9)3-1-2-6-5(10)7-3;1-2-4-5-3-1;/h1-2H,(H,8,9)(H,6,7,10);1-3H,(H,4,5);/q;;+1/p-1. The van der Waals surface area contributed by atoms with Gasteiger partial charge in [-0.1, -0.05) is 0 Å². The van der Waals surface area contributed by atoms with Crippen LogP contribution < -0.4 is 40.4 Å². The number of rotatable bonds is 1. The first-order valence-electron chi connectivity index (χ1n) is 3.91. The third-order valence-corrected chi connectivity index (χ3v) is 1.29. The largest absolute Gasteiger partial charge is 1.00 e. The number of nitrogens with one attached hydrogen (secondary N) is 2. The molecule has 0 aliphatic heterocycles. The summed E-state index contributed by atoms with van der Waals surface area (Å²) in [6.07, 6.45) is 4.65. The molecule has 0 unspecified atom stereocenters. The molecule has 0 atom stereocenters. The predicted octanol–water partition coefficient (Wildman–Crippen LogP) is -4.45. The molecular formula is C8H7N4NaO3. The number of aromatic nitrogens is 4. The van der Waals surface area contributed by atoms with Crippen molar-refractivity contribution in [2.45, 2.75) is 0 Å². The Bertz CT molecular complexity index is 451. The van der Waals surface area contributed by atoms with Crippen LogP contribution in [0.3, 0.4) is 0 Å². The molecule has 0 fully saturated rings. The Hall–Kier alpha value is -1.44. The zero-order valence-corrected chi connectivity index (χ0v) is 10.5. The zero-order valence-electron chi connectivity index (χ0n) is 8.51. The topological polar surface area (TPSA) is 115 Å². The smallest absolute Gasteiger partial charge is 0.543 e. The van der Waals surface area contributed by atoms with Gasteiger partial charge in [-0.25, -0.2) is 4.79 Å². The van der Waals surface area contributed by atoms with Crippen LogP contribution >= 0.6 is 0 Å². The number of nitrogens with zero attached hydrogens (tertiary/aromatic N) is 2. The van der Waals surface area contributed by atoms with Gasteiger partial charge < -0.3 is 14.9 Å². The van der Waals surface area contributed by atoms with Crippen molar-refractivity contribution in [1.29, 1.82) is 0 Å². The molecule has 78 valence electrons. The maximum Gasteiger partial charge on any atom is 1.00 e. The van der Waals surface area contributed by atoms with Gasteiger partial charge in [0.25, 0.3) is 0 Å². The molecule has 2 aromatic heterocycles. The van der Waals surface area contributed by atoms with E-state index in [2.05, 4.69) is 20.2 Å². The Balaban J connectivity index is 0.000000318. The van der Waals surface area contributed by atoms with Crippen LogP contribution in [-0.4, -0.2) is 26.1 Å². The number of hydrogen-bond acceptors (Lipinski definition) is 5. The van der Waals surface area contributed by atoms with E-state index in [0.717, 1.165) is 6.07 Å². The van der Waals surface area contributed by atoms with Gasteiger partial charge in [0.1, 0.15) is 0 Å². The molecule has 2 aromatic rings. The van der Waals surface area contributed by atoms with E-state index in [4.69, 9.17) is 0 Å². The molecule has 0 amide bonds. The minimum absolute atomic E-state index is 0. The third kappa shape index (κ3) is 5.44. The van der Waals surface area contributed by atoms with Crippen LogP contribution in [0.15, 0.2) is 35.5 Å². The van der Waals surface area contributed by atoms with Crippen molar-refractivity contribution in [3.8, 4) is 0 Å². The number of carbonyl (C=O) groups is 1. The van der Waals surface area contributed by atoms with Gasteiger partial charge in [-0.05, 0) is 12.1 Å². The van der Waals surface area contributed by atoms with Gasteiger partial charge in [-0.15, -0.1) is 0 Å². The second kappa shape index (κ2) is 7.80. The Labute approximate surface area is 112 Å². The summed E-state index contributed by atoms with van der Waals surface area (Å²) in [6.45, 7) is 0. The maximum atomic E-state index is 10.3. The van der Waals surface area contributed by atoms with Crippen LogP contribution in [-0.2, 0) is 0 Å². The fourth-order valence-electron chi connectivity index (χ4n) is 0.700. The molecule has 8 heteroatoms. The van der Waals surface area contributed by atoms with Crippen LogP contribution in [0.1, 0.15) is 10.5 Å². The van der Waals surface area contributed by atoms with Gasteiger partial charge in [0.15, 0.2) is 0 Å². The molecular weight excluding hydrogens is 223 g/mol. The van der Waals surface area contributed by atoms with Crippen molar-refractivity contribution >= 4 is 5.97 Å². The molecule has 7 nitrogen and oxygen atoms in total. The second-order valence-corrected chi connectivity index (χ2v) is 2.33. The number of H-pyrrole nitrogens is 2. The van der Waals surface area contributed by atoms with Gasteiger partial charge in [0, 0.05) is 18.6 Å². The summed E-state index contributed by atoms with van der Waals surface area (Å²) in [5.41, 5.74) is -1.05. The summed E-state index contributed by atoms with van der Waals surface area (Å²) in [7, 11) is 0. The third-order valence-electron chi connectivity index (χ3n) is 1.29. The molecule has 0 aromatic carbocycles. The van der Waals surface area contributed by atoms with Crippen LogP contribution in [0.5, 0.6) is 0 Å². The van der Waals surface area contributed by atoms with Crippen molar-refractivity contribution in [1.82, 2.24) is 20.2 Å². The van der Waals surface area contributed by atoms with Gasteiger partial charge in [0.2, 0.25) is 0 Å². The molecule has 2 N–H and O–H groups in total. The van der Waals surface area contributed by atoms with Crippen molar-refractivity contribution in [2.75, 3.05) is 0 Å². The molecule has 0 spiro atoms. The maximum absolute atomic E-state index is 10.3. The summed E-state index contributed by atoms with van der Waals surface area (Å²) >= 11 is 0. The van der Waals surface area contributed by atoms with Crippen molar-refractivity contribution in [2.24, 2.45) is 0 Å². The molecule has 0 bridgehead atoms. The molecule has 0 saturated carbocycles. The summed E-state index contributed by atoms with van der Waals surface area (Å²) in [4.78, 5) is 25.6. The number of hydrogen-bond donors (Lipinski definition) is 2. The fourth-order valence-corrected chi connectivity index (χ4v) is 0.700. The van der Waals surface area contributed by atoms with Crippen molar-refractivity contribution in [3.05, 3.63) is 46.9 Å². The number of aromatic amines is 2. The average molecular weight is 230 g/mol. The Morgan fingerprint density at radius 1 is 1.38 bits per heavy atom. The Kier molecular flexibility index (Phi) is 7.10. The van der Waals surface area contributed by atoms with Crippen LogP contribution in [0, 0.1) is 0 Å². The van der Waals surface area contributed by atoms with E-state index in [1.807, 2.05) is 6.07 Å². The van der Waals surface area contributed by atoms with E-state index in [0.29, 0.717) is 0 Å². The molecule has 2 rings (SSSR count). The van der Waals surface area contributed by atoms with E-state index in [1.165, 1.54) is 6.20 Å². The number of carboxylic acids is 1. The molecule has 0 saturated heterocycles. The first-order valence-corrected chi connectivity index (χ1v) is 3.91. The van der Waals surface area contributed by atoms with E-state index < -0.39 is 11.7 Å². The molecule has 0 aliphatic carbocycles. The van der Waals surface area contributed by atoms with Gasteiger partial charge in [-0.3, -0.25) is 5.10 Å². The predicted molar refractivity (Wildman–Crippen MR) is 47.8 cm³/mol. The minimum atomic E-state index is -1.45. The van der Waals surface area contributed by atoms with Gasteiger partial charge >= 0.3 is 35.2 Å². The average Bonchev–Trinajstić information content (AvgIpc) is 2.75. The zero-order chi connectivity index (χ0) is 11.1. The van der Waals surface area contributed by atoms with Crippen molar-refractivity contribution in [3.63, 3.8) is 0 Å². The second-order valence-electron chi connectivity index (χ2n) is 2.33. The summed E-state index contributed by atoms with van der Waals surface area (Å²) in [6, 6.07) is 2.98. The monoisotopic (exact) mass is 230 g/mol. The summed E-state index contributed by atoms with van der Waals surface area (Å²) in [5, 5.41) is 16.2. The molecule has 0 aliphatic rings. The van der Waals surface area contributed by atoms with E-state index in [9.17, 15) is 14.7 Å². The van der Waals surface area contributed by atoms with Gasteiger partial charge in [0.05, 0.1) is 11.7 Å². The molecule has 0 radical (unpaired) electrons. The first kappa shape index (κ1) is 14.6. The normalized spacial score (nSPS) is 8.25. The van der Waals surface area contributed by atoms with Crippen molar-refractivity contribution < 1.29 is 39.5 Å². The molecule has 16 heavy (non-hydrogen) atoms. The van der Waals surface area contributed by atoms with Crippen LogP contribution in [0.2, 0.25) is 0 Å². The summed E-state index contributed by atoms with van der Waals surface area (Å²) in [5.74, 6) is -1.45. The SMILES string of the molecule is O=C([O-])c1cc[nH]c(=O)n1.[Na+].c1cn[nH]c1. The summed E-state index contributed by atoms with van der Waals surface area (Å²) < 4.78 is 0. The minimum Gasteiger partial charge on any atom is -0.543 e. The quantitative estimate of drug-likeness (QED) is 0.479. The number of aromatic carboxylic acids is 1. The van der Waals surface area contributed by atoms with Crippen LogP contribution in [0.25, 0.3) is 0 Å². The fraction of sp³-hybridized carbons (Fsp3) is 0. The number of carbonyl (C=O) groups excluding carboxylic acids is 1. The number of carboxylic acid groups (broad SMARTS) is 1. The Morgan fingerprint density at radius 3 is 2.44 bits per heavy atom. The van der Waals surface area contributed by atoms with Gasteiger partial charge in [-0.2, -0.15) is 10.1 Å². The first-order chi connectivity index (χ1) is 7.20. The van der Waals surface area contributed by atoms with E-state index >= 15 is 0 Å².